The van der Waals surface area contributed by atoms with Gasteiger partial charge in [-0.3, -0.25) is 0 Å². The van der Waals surface area contributed by atoms with E-state index in [2.05, 4.69) is 50.2 Å². The normalized spacial score (nSPS) is 10.9. The van der Waals surface area contributed by atoms with Crippen molar-refractivity contribution >= 4 is 0 Å². The van der Waals surface area contributed by atoms with Crippen LogP contribution >= 0.6 is 0 Å². The molecule has 28 heavy (non-hydrogen) atoms. The molecule has 0 aliphatic rings. The lowest BCUT2D eigenvalue weighted by atomic mass is 10.0. The van der Waals surface area contributed by atoms with E-state index in [4.69, 9.17) is 9.47 Å². The fraction of sp³-hybridized carbons (Fsp3) is 0.538. The largest absolute Gasteiger partial charge is 0.491 e. The fourth-order valence-corrected chi connectivity index (χ4v) is 3.36. The van der Waals surface area contributed by atoms with Crippen LogP contribution in [0.1, 0.15) is 70.8 Å². The Morgan fingerprint density at radius 2 is 1.18 bits per heavy atom. The Hall–Kier alpha value is -1.80. The first-order valence-corrected chi connectivity index (χ1v) is 11.2. The number of benzene rings is 2. The van der Waals surface area contributed by atoms with Crippen LogP contribution in [0.4, 0.5) is 0 Å². The minimum atomic E-state index is 0.604. The van der Waals surface area contributed by atoms with Gasteiger partial charge in [0, 0.05) is 6.61 Å². The zero-order chi connectivity index (χ0) is 19.9. The summed E-state index contributed by atoms with van der Waals surface area (Å²) in [6.45, 7) is 6.44. The Balaban J connectivity index is 1.70. The zero-order valence-corrected chi connectivity index (χ0v) is 17.9. The van der Waals surface area contributed by atoms with Gasteiger partial charge in [-0.1, -0.05) is 88.8 Å². The standard InChI is InChI=1S/C26H38O2/c1-3-5-6-7-8-9-10-11-23-12-14-24(15-13-23)25-16-18-26(19-17-25)28-22-21-27-20-4-2/h12-19H,3-11,20-22H2,1-2H3. The molecule has 0 bridgehead atoms. The summed E-state index contributed by atoms with van der Waals surface area (Å²) in [4.78, 5) is 0. The van der Waals surface area contributed by atoms with Gasteiger partial charge >= 0.3 is 0 Å². The van der Waals surface area contributed by atoms with E-state index in [1.807, 2.05) is 12.1 Å². The van der Waals surface area contributed by atoms with E-state index in [1.165, 1.54) is 68.1 Å². The molecule has 0 atom stereocenters. The highest BCUT2D eigenvalue weighted by Gasteiger charge is 2.01. The molecule has 2 nitrogen and oxygen atoms in total. The minimum Gasteiger partial charge on any atom is -0.491 e. The number of hydrogen-bond acceptors (Lipinski definition) is 2. The predicted octanol–water partition coefficient (Wildman–Crippen LogP) is 7.45. The summed E-state index contributed by atoms with van der Waals surface area (Å²) in [7, 11) is 0. The fourth-order valence-electron chi connectivity index (χ4n) is 3.36. The molecule has 0 spiro atoms. The Bertz CT molecular complexity index is 616. The number of rotatable bonds is 15. The molecule has 0 N–H and O–H groups in total. The van der Waals surface area contributed by atoms with Gasteiger partial charge in [0.05, 0.1) is 6.61 Å². The molecule has 0 saturated carbocycles. The highest BCUT2D eigenvalue weighted by molar-refractivity contribution is 5.64. The third-order valence-electron chi connectivity index (χ3n) is 5.06. The maximum atomic E-state index is 5.72. The van der Waals surface area contributed by atoms with Crippen molar-refractivity contribution in [1.29, 1.82) is 0 Å². The van der Waals surface area contributed by atoms with Gasteiger partial charge in [0.25, 0.3) is 0 Å². The summed E-state index contributed by atoms with van der Waals surface area (Å²) in [5.41, 5.74) is 3.95. The molecule has 0 fully saturated rings. The molecule has 0 unspecified atom stereocenters. The van der Waals surface area contributed by atoms with Crippen molar-refractivity contribution in [2.45, 2.75) is 71.6 Å². The third kappa shape index (κ3) is 8.93. The van der Waals surface area contributed by atoms with E-state index >= 15 is 0 Å². The zero-order valence-electron chi connectivity index (χ0n) is 17.9. The van der Waals surface area contributed by atoms with Gasteiger partial charge in [-0.25, -0.2) is 0 Å². The van der Waals surface area contributed by atoms with Crippen molar-refractivity contribution in [3.05, 3.63) is 54.1 Å². The van der Waals surface area contributed by atoms with Gasteiger partial charge in [0.2, 0.25) is 0 Å². The van der Waals surface area contributed by atoms with Crippen LogP contribution in [0.5, 0.6) is 5.75 Å². The first kappa shape index (κ1) is 22.5. The molecule has 2 aromatic carbocycles. The molecule has 0 aromatic heterocycles. The van der Waals surface area contributed by atoms with Crippen molar-refractivity contribution in [3.8, 4) is 16.9 Å². The highest BCUT2D eigenvalue weighted by atomic mass is 16.5. The summed E-state index contributed by atoms with van der Waals surface area (Å²) < 4.78 is 11.2. The maximum Gasteiger partial charge on any atom is 0.119 e. The van der Waals surface area contributed by atoms with Gasteiger partial charge in [0.15, 0.2) is 0 Å². The van der Waals surface area contributed by atoms with E-state index in [1.54, 1.807) is 0 Å². The lowest BCUT2D eigenvalue weighted by Crippen LogP contribution is -2.06. The van der Waals surface area contributed by atoms with E-state index < -0.39 is 0 Å². The van der Waals surface area contributed by atoms with Crippen molar-refractivity contribution in [2.24, 2.45) is 0 Å². The molecule has 2 heteroatoms. The van der Waals surface area contributed by atoms with E-state index in [-0.39, 0.29) is 0 Å². The van der Waals surface area contributed by atoms with Crippen LogP contribution in [0.15, 0.2) is 48.5 Å². The lowest BCUT2D eigenvalue weighted by Gasteiger charge is -2.08. The molecule has 0 heterocycles. The van der Waals surface area contributed by atoms with Crippen LogP contribution in [0.2, 0.25) is 0 Å². The SMILES string of the molecule is CCCCCCCCCc1ccc(-c2ccc(OCCOCCC)cc2)cc1. The van der Waals surface area contributed by atoms with E-state index in [9.17, 15) is 0 Å². The summed E-state index contributed by atoms with van der Waals surface area (Å²) in [6, 6.07) is 17.4. The van der Waals surface area contributed by atoms with Gasteiger partial charge in [-0.2, -0.15) is 0 Å². The molecule has 154 valence electrons. The van der Waals surface area contributed by atoms with Crippen LogP contribution in [-0.2, 0) is 11.2 Å². The van der Waals surface area contributed by atoms with Gasteiger partial charge in [0.1, 0.15) is 12.4 Å². The van der Waals surface area contributed by atoms with Crippen molar-refractivity contribution < 1.29 is 9.47 Å². The van der Waals surface area contributed by atoms with Gasteiger partial charge in [-0.05, 0) is 48.1 Å². The lowest BCUT2D eigenvalue weighted by molar-refractivity contribution is 0.101. The summed E-state index contributed by atoms with van der Waals surface area (Å²) >= 11 is 0. The maximum absolute atomic E-state index is 5.72. The van der Waals surface area contributed by atoms with Crippen LogP contribution in [0, 0.1) is 0 Å². The second-order valence-corrected chi connectivity index (χ2v) is 7.55. The van der Waals surface area contributed by atoms with Crippen molar-refractivity contribution in [2.75, 3.05) is 19.8 Å². The molecule has 0 amide bonds. The number of unbranched alkanes of at least 4 members (excludes halogenated alkanes) is 6. The third-order valence-corrected chi connectivity index (χ3v) is 5.06. The van der Waals surface area contributed by atoms with Crippen molar-refractivity contribution in [1.82, 2.24) is 0 Å². The van der Waals surface area contributed by atoms with Gasteiger partial charge < -0.3 is 9.47 Å². The quantitative estimate of drug-likeness (QED) is 0.298. The van der Waals surface area contributed by atoms with Crippen molar-refractivity contribution in [3.63, 3.8) is 0 Å². The number of hydrogen-bond donors (Lipinski definition) is 0. The Morgan fingerprint density at radius 3 is 1.82 bits per heavy atom. The van der Waals surface area contributed by atoms with Crippen LogP contribution in [0.25, 0.3) is 11.1 Å². The molecule has 2 rings (SSSR count). The summed E-state index contributed by atoms with van der Waals surface area (Å²) in [5, 5.41) is 0. The first-order chi connectivity index (χ1) is 13.8. The summed E-state index contributed by atoms with van der Waals surface area (Å²) in [5.74, 6) is 0.902. The van der Waals surface area contributed by atoms with Crippen LogP contribution in [0.3, 0.4) is 0 Å². The molecular weight excluding hydrogens is 344 g/mol. The number of aryl methyl sites for hydroxylation is 1. The second kappa shape index (κ2) is 14.2. The molecule has 2 aromatic rings. The number of ether oxygens (including phenoxy) is 2. The molecule has 0 saturated heterocycles. The van der Waals surface area contributed by atoms with Crippen LogP contribution < -0.4 is 4.74 Å². The Labute approximate surface area is 172 Å². The van der Waals surface area contributed by atoms with Gasteiger partial charge in [-0.15, -0.1) is 0 Å². The highest BCUT2D eigenvalue weighted by Crippen LogP contribution is 2.23. The summed E-state index contributed by atoms with van der Waals surface area (Å²) in [6.07, 6.45) is 11.8. The predicted molar refractivity (Wildman–Crippen MR) is 120 cm³/mol. The molecule has 0 aliphatic carbocycles. The van der Waals surface area contributed by atoms with Crippen LogP contribution in [-0.4, -0.2) is 19.8 Å². The molecule has 0 aliphatic heterocycles. The second-order valence-electron chi connectivity index (χ2n) is 7.55. The minimum absolute atomic E-state index is 0.604. The monoisotopic (exact) mass is 382 g/mol. The smallest absolute Gasteiger partial charge is 0.119 e. The topological polar surface area (TPSA) is 18.5 Å². The molecular formula is C26H38O2. The average molecular weight is 383 g/mol. The Morgan fingerprint density at radius 1 is 0.571 bits per heavy atom. The molecule has 0 radical (unpaired) electrons. The first-order valence-electron chi connectivity index (χ1n) is 11.2. The Kier molecular flexibility index (Phi) is 11.4. The van der Waals surface area contributed by atoms with E-state index in [0.29, 0.717) is 13.2 Å². The average Bonchev–Trinajstić information content (AvgIpc) is 2.74. The van der Waals surface area contributed by atoms with E-state index in [0.717, 1.165) is 18.8 Å².